The molecule has 1 N–H and O–H groups in total. The zero-order chi connectivity index (χ0) is 21.3. The van der Waals surface area contributed by atoms with Gasteiger partial charge in [0.1, 0.15) is 13.6 Å². The van der Waals surface area contributed by atoms with Crippen LogP contribution in [0.1, 0.15) is 25.7 Å². The Bertz CT molecular complexity index is 961. The van der Waals surface area contributed by atoms with Gasteiger partial charge >= 0.3 is 12.1 Å². The molecule has 2 unspecified atom stereocenters. The highest BCUT2D eigenvalue weighted by Gasteiger charge is 2.42. The Morgan fingerprint density at radius 3 is 2.27 bits per heavy atom. The highest BCUT2D eigenvalue weighted by atomic mass is 19.4. The van der Waals surface area contributed by atoms with Crippen LogP contribution in [-0.4, -0.2) is 53.8 Å². The van der Waals surface area contributed by atoms with Crippen LogP contribution >= 0.6 is 0 Å². The van der Waals surface area contributed by atoms with E-state index in [1.165, 1.54) is 22.3 Å². The Balaban J connectivity index is 1.30. The van der Waals surface area contributed by atoms with Crippen LogP contribution in [0.25, 0.3) is 0 Å². The Kier molecular flexibility index (Phi) is 5.62. The van der Waals surface area contributed by atoms with E-state index in [1.54, 1.807) is 0 Å². The molecule has 158 valence electrons. The first-order valence-electron chi connectivity index (χ1n) is 10.4. The third-order valence-electron chi connectivity index (χ3n) is 5.93. The van der Waals surface area contributed by atoms with Crippen LogP contribution in [0.4, 0.5) is 13.2 Å². The fourth-order valence-corrected chi connectivity index (χ4v) is 4.58. The van der Waals surface area contributed by atoms with Gasteiger partial charge in [0.2, 0.25) is 0 Å². The number of alkyl halides is 3. The second-order valence-electron chi connectivity index (χ2n) is 8.21. The molecule has 7 heteroatoms. The van der Waals surface area contributed by atoms with Gasteiger partial charge in [-0.15, -0.1) is 0 Å². The number of nitrogens with one attached hydrogen (secondary N) is 1. The molecule has 2 atom stereocenters. The average molecular weight is 417 g/mol. The van der Waals surface area contributed by atoms with Gasteiger partial charge in [0, 0.05) is 47.1 Å². The van der Waals surface area contributed by atoms with E-state index < -0.39 is 12.1 Å². The molecule has 1 amide bonds. The van der Waals surface area contributed by atoms with E-state index in [0.29, 0.717) is 18.3 Å². The molecule has 0 saturated carbocycles. The number of carbonyl (C=O) groups excluding carboxylic acids is 1. The monoisotopic (exact) mass is 417 g/mol. The average Bonchev–Trinajstić information content (AvgIpc) is 2.69. The SMILES string of the molecule is C[N+]1=CC2=CC=C3C=[N+](CCCCCCNC(=O)C(F)(F)F)C=C4C=CC(=C1)C2C34. The van der Waals surface area contributed by atoms with Crippen molar-refractivity contribution in [2.45, 2.75) is 31.9 Å². The molecule has 0 bridgehead atoms. The van der Waals surface area contributed by atoms with Crippen molar-refractivity contribution in [2.24, 2.45) is 11.8 Å². The number of rotatable bonds is 7. The van der Waals surface area contributed by atoms with E-state index >= 15 is 0 Å². The fraction of sp³-hybridized carbons (Fsp3) is 0.435. The van der Waals surface area contributed by atoms with Gasteiger partial charge < -0.3 is 5.32 Å². The summed E-state index contributed by atoms with van der Waals surface area (Å²) in [6.45, 7) is 0.935. The molecule has 4 aliphatic rings. The Labute approximate surface area is 174 Å². The van der Waals surface area contributed by atoms with Crippen LogP contribution in [0.3, 0.4) is 0 Å². The van der Waals surface area contributed by atoms with Gasteiger partial charge in [-0.2, -0.15) is 13.2 Å². The predicted octanol–water partition coefficient (Wildman–Crippen LogP) is 3.49. The standard InChI is InChI=1S/C23H25F3N3O/c1-28-12-16-6-8-18-14-29(15-19-9-7-17(13-28)20(16)21(18)19)11-5-3-2-4-10-27-22(30)23(24,25)26/h6-9,12-15,20-21H,2-5,10-11H2,1H3/q+1/p+1. The second-order valence-corrected chi connectivity index (χ2v) is 8.21. The van der Waals surface area contributed by atoms with Crippen LogP contribution in [-0.2, 0) is 4.79 Å². The molecule has 0 aromatic carbocycles. The highest BCUT2D eigenvalue weighted by Crippen LogP contribution is 2.45. The van der Waals surface area contributed by atoms with Crippen LogP contribution < -0.4 is 5.32 Å². The first-order chi connectivity index (χ1) is 14.3. The van der Waals surface area contributed by atoms with Gasteiger partial charge in [0.05, 0.1) is 0 Å². The van der Waals surface area contributed by atoms with Crippen molar-refractivity contribution in [1.82, 2.24) is 5.32 Å². The maximum absolute atomic E-state index is 12.1. The van der Waals surface area contributed by atoms with Crippen molar-refractivity contribution in [1.29, 1.82) is 0 Å². The summed E-state index contributed by atoms with van der Waals surface area (Å²) in [5.74, 6) is -1.09. The molecule has 2 aliphatic heterocycles. The summed E-state index contributed by atoms with van der Waals surface area (Å²) in [5, 5.41) is 1.92. The van der Waals surface area contributed by atoms with Gasteiger partial charge in [0.25, 0.3) is 0 Å². The maximum atomic E-state index is 12.1. The number of nitrogens with zero attached hydrogens (tertiary/aromatic N) is 2. The van der Waals surface area contributed by atoms with Crippen LogP contribution in [0, 0.1) is 11.8 Å². The quantitative estimate of drug-likeness (QED) is 0.500. The number of hydrogen-bond acceptors (Lipinski definition) is 1. The van der Waals surface area contributed by atoms with Crippen molar-refractivity contribution in [2.75, 3.05) is 20.1 Å². The molecular formula is C23H26F3N3O+2. The molecule has 4 rings (SSSR count). The van der Waals surface area contributed by atoms with Crippen molar-refractivity contribution in [3.63, 3.8) is 0 Å². The lowest BCUT2D eigenvalue weighted by Crippen LogP contribution is -2.37. The van der Waals surface area contributed by atoms with Crippen LogP contribution in [0.5, 0.6) is 0 Å². The van der Waals surface area contributed by atoms with Crippen molar-refractivity contribution in [3.05, 3.63) is 59.0 Å². The van der Waals surface area contributed by atoms with Gasteiger partial charge in [0.15, 0.2) is 24.8 Å². The summed E-state index contributed by atoms with van der Waals surface area (Å²) in [6.07, 6.45) is 16.1. The molecule has 0 spiro atoms. The van der Waals surface area contributed by atoms with Gasteiger partial charge in [-0.25, -0.2) is 9.15 Å². The first-order valence-corrected chi connectivity index (χ1v) is 10.4. The number of unbranched alkanes of at least 4 members (excludes halogenated alkanes) is 3. The Hall–Kier alpha value is -2.70. The van der Waals surface area contributed by atoms with E-state index in [-0.39, 0.29) is 6.54 Å². The molecule has 0 radical (unpaired) electrons. The lowest BCUT2D eigenvalue weighted by atomic mass is 9.66. The molecule has 0 saturated heterocycles. The lowest BCUT2D eigenvalue weighted by Gasteiger charge is -2.36. The first kappa shape index (κ1) is 20.6. The Morgan fingerprint density at radius 1 is 0.933 bits per heavy atom. The largest absolute Gasteiger partial charge is 0.471 e. The normalized spacial score (nSPS) is 24.0. The lowest BCUT2D eigenvalue weighted by molar-refractivity contribution is -0.455. The molecule has 0 fully saturated rings. The number of carbonyl (C=O) groups is 1. The zero-order valence-electron chi connectivity index (χ0n) is 17.0. The summed E-state index contributed by atoms with van der Waals surface area (Å²) >= 11 is 0. The summed E-state index contributed by atoms with van der Waals surface area (Å²) in [5.41, 5.74) is 5.34. The summed E-state index contributed by atoms with van der Waals surface area (Å²) < 4.78 is 40.7. The third-order valence-corrected chi connectivity index (χ3v) is 5.93. The summed E-state index contributed by atoms with van der Waals surface area (Å²) in [6, 6.07) is 0. The minimum atomic E-state index is -4.80. The van der Waals surface area contributed by atoms with Gasteiger partial charge in [-0.05, 0) is 12.8 Å². The van der Waals surface area contributed by atoms with Crippen molar-refractivity contribution in [3.8, 4) is 0 Å². The summed E-state index contributed by atoms with van der Waals surface area (Å²) in [7, 11) is 2.06. The molecule has 2 aliphatic carbocycles. The number of hydrogen-bond donors (Lipinski definition) is 1. The Morgan fingerprint density at radius 2 is 1.57 bits per heavy atom. The second kappa shape index (κ2) is 8.20. The smallest absolute Gasteiger partial charge is 0.348 e. The minimum absolute atomic E-state index is 0.0652. The molecule has 2 heterocycles. The van der Waals surface area contributed by atoms with Crippen LogP contribution in [0.15, 0.2) is 59.0 Å². The van der Waals surface area contributed by atoms with Gasteiger partial charge in [-0.1, -0.05) is 30.7 Å². The van der Waals surface area contributed by atoms with E-state index in [0.717, 1.165) is 25.8 Å². The van der Waals surface area contributed by atoms with Crippen molar-refractivity contribution >= 4 is 18.3 Å². The van der Waals surface area contributed by atoms with E-state index in [1.807, 2.05) is 5.32 Å². The fourth-order valence-electron chi connectivity index (χ4n) is 4.58. The molecule has 0 aromatic heterocycles. The number of allylic oxidation sites excluding steroid dienone is 8. The minimum Gasteiger partial charge on any atom is -0.348 e. The predicted molar refractivity (Wildman–Crippen MR) is 109 cm³/mol. The van der Waals surface area contributed by atoms with E-state index in [2.05, 4.69) is 65.3 Å². The highest BCUT2D eigenvalue weighted by molar-refractivity contribution is 5.86. The third kappa shape index (κ3) is 4.25. The number of halogens is 3. The molecular weight excluding hydrogens is 391 g/mol. The zero-order valence-corrected chi connectivity index (χ0v) is 17.0. The summed E-state index contributed by atoms with van der Waals surface area (Å²) in [4.78, 5) is 10.8. The van der Waals surface area contributed by atoms with Gasteiger partial charge in [-0.3, -0.25) is 4.79 Å². The molecule has 30 heavy (non-hydrogen) atoms. The van der Waals surface area contributed by atoms with Crippen LogP contribution in [0.2, 0.25) is 0 Å². The number of amides is 1. The molecule has 4 nitrogen and oxygen atoms in total. The van der Waals surface area contributed by atoms with E-state index in [9.17, 15) is 18.0 Å². The topological polar surface area (TPSA) is 35.1 Å². The maximum Gasteiger partial charge on any atom is 0.471 e. The van der Waals surface area contributed by atoms with E-state index in [4.69, 9.17) is 0 Å². The molecule has 0 aromatic rings. The van der Waals surface area contributed by atoms with Crippen molar-refractivity contribution < 1.29 is 27.1 Å².